The molecule has 0 spiro atoms. The summed E-state index contributed by atoms with van der Waals surface area (Å²) in [5, 5.41) is 7.05. The molecular weight excluding hydrogens is 1240 g/mol. The van der Waals surface area contributed by atoms with Gasteiger partial charge in [-0.15, -0.1) is 0 Å². The second-order valence-corrected chi connectivity index (χ2v) is 25.6. The third kappa shape index (κ3) is 10.5. The first-order chi connectivity index (χ1) is 50.6. The standard InChI is InChI=1S/C93H63N9/c1-7-25-67(26-8-1)97(68-27-9-2-10-28-68)76-55-58-82-79-37-19-22-40-85(79)100(88(82)61-76)73-49-43-64(44-50-73)91-94-92(65-45-51-74(52-46-65)101-86-41-23-20-38-80(86)83-59-56-77(62-89(83)101)98(69-29-11-3-12-30-69)70-31-13-4-14-32-70)96-93(95-91)66-47-53-75(54-48-66)102-87-42-24-21-39-81(87)84-60-57-78(63-90(84)102)99(71-33-15-5-16-34-71)72-35-17-6-18-36-72/h1-63H. The van der Waals surface area contributed by atoms with Crippen LogP contribution >= 0.6 is 0 Å². The molecule has 15 aromatic carbocycles. The molecule has 4 aromatic heterocycles. The van der Waals surface area contributed by atoms with Crippen molar-refractivity contribution in [2.45, 2.75) is 0 Å². The fourth-order valence-corrected chi connectivity index (χ4v) is 15.0. The second-order valence-electron chi connectivity index (χ2n) is 25.6. The van der Waals surface area contributed by atoms with Gasteiger partial charge < -0.3 is 28.4 Å². The molecule has 19 rings (SSSR count). The lowest BCUT2D eigenvalue weighted by atomic mass is 10.1. The third-order valence-corrected chi connectivity index (χ3v) is 19.6. The van der Waals surface area contributed by atoms with Crippen LogP contribution in [0.3, 0.4) is 0 Å². The number of para-hydroxylation sites is 9. The third-order valence-electron chi connectivity index (χ3n) is 19.6. The zero-order valence-corrected chi connectivity index (χ0v) is 55.4. The maximum atomic E-state index is 5.40. The zero-order chi connectivity index (χ0) is 67.5. The first kappa shape index (κ1) is 59.4. The number of nitrogens with zero attached hydrogens (tertiary/aromatic N) is 9. The molecule has 0 atom stereocenters. The second kappa shape index (κ2) is 25.2. The minimum Gasteiger partial charge on any atom is -0.310 e. The first-order valence-corrected chi connectivity index (χ1v) is 34.5. The SMILES string of the molecule is c1ccc(N(c2ccccc2)c2ccc3c4ccccc4n(-c4ccc(-c5nc(-c6ccc(-n7c8ccccc8c8ccc(N(c9ccccc9)c9ccccc9)cc87)cc6)nc(-c6ccc(-n7c8ccccc8c8ccc(N(c9ccccc9)c9ccccc9)cc87)cc6)n5)cc4)c3c2)cc1. The van der Waals surface area contributed by atoms with E-state index in [-0.39, 0.29) is 0 Å². The minimum atomic E-state index is 0.563. The first-order valence-electron chi connectivity index (χ1n) is 34.5. The van der Waals surface area contributed by atoms with Crippen molar-refractivity contribution in [1.29, 1.82) is 0 Å². The number of hydrogen-bond donors (Lipinski definition) is 0. The highest BCUT2D eigenvalue weighted by atomic mass is 15.2. The fraction of sp³-hybridized carbons (Fsp3) is 0. The monoisotopic (exact) mass is 1310 g/mol. The molecule has 0 fully saturated rings. The Morgan fingerprint density at radius 2 is 0.373 bits per heavy atom. The largest absolute Gasteiger partial charge is 0.310 e. The molecule has 0 amide bonds. The normalized spacial score (nSPS) is 11.5. The molecule has 9 nitrogen and oxygen atoms in total. The van der Waals surface area contributed by atoms with Gasteiger partial charge in [0.2, 0.25) is 0 Å². The van der Waals surface area contributed by atoms with Crippen molar-refractivity contribution in [3.05, 3.63) is 382 Å². The molecule has 0 aliphatic heterocycles. The lowest BCUT2D eigenvalue weighted by Gasteiger charge is -2.25. The molecule has 102 heavy (non-hydrogen) atoms. The lowest BCUT2D eigenvalue weighted by Crippen LogP contribution is -2.09. The number of aromatic nitrogens is 6. The molecular formula is C93H63N9. The smallest absolute Gasteiger partial charge is 0.164 e. The highest BCUT2D eigenvalue weighted by Crippen LogP contribution is 2.44. The van der Waals surface area contributed by atoms with Crippen LogP contribution in [0.25, 0.3) is 117 Å². The van der Waals surface area contributed by atoms with E-state index in [0.29, 0.717) is 17.5 Å². The predicted octanol–water partition coefficient (Wildman–Crippen LogP) is 24.6. The molecule has 0 saturated carbocycles. The summed E-state index contributed by atoms with van der Waals surface area (Å²) in [5.41, 5.74) is 21.9. The van der Waals surface area contributed by atoms with Crippen LogP contribution in [0, 0.1) is 0 Å². The van der Waals surface area contributed by atoms with E-state index in [4.69, 9.17) is 15.0 Å². The zero-order valence-electron chi connectivity index (χ0n) is 55.4. The van der Waals surface area contributed by atoms with Crippen LogP contribution in [-0.2, 0) is 0 Å². The van der Waals surface area contributed by atoms with E-state index < -0.39 is 0 Å². The number of rotatable bonds is 15. The molecule has 0 aliphatic carbocycles. The molecule has 4 heterocycles. The van der Waals surface area contributed by atoms with Gasteiger partial charge in [0.1, 0.15) is 0 Å². The van der Waals surface area contributed by atoms with Gasteiger partial charge in [-0.1, -0.05) is 182 Å². The van der Waals surface area contributed by atoms with Crippen molar-refractivity contribution in [3.8, 4) is 51.2 Å². The van der Waals surface area contributed by atoms with Crippen LogP contribution in [0.15, 0.2) is 382 Å². The quantitative estimate of drug-likeness (QED) is 0.102. The summed E-state index contributed by atoms with van der Waals surface area (Å²) < 4.78 is 7.13. The van der Waals surface area contributed by atoms with Crippen LogP contribution in [-0.4, -0.2) is 28.7 Å². The molecule has 0 N–H and O–H groups in total. The summed E-state index contributed by atoms with van der Waals surface area (Å²) >= 11 is 0. The Labute approximate surface area is 589 Å². The molecule has 0 saturated heterocycles. The van der Waals surface area contributed by atoms with Crippen molar-refractivity contribution < 1.29 is 0 Å². The maximum absolute atomic E-state index is 5.40. The van der Waals surface area contributed by atoms with Gasteiger partial charge in [-0.05, 0) is 200 Å². The summed E-state index contributed by atoms with van der Waals surface area (Å²) in [4.78, 5) is 23.2. The average Bonchev–Trinajstić information content (AvgIpc) is 1.60. The van der Waals surface area contributed by atoms with Crippen molar-refractivity contribution in [2.24, 2.45) is 0 Å². The number of hydrogen-bond acceptors (Lipinski definition) is 6. The van der Waals surface area contributed by atoms with Gasteiger partial charge in [0.25, 0.3) is 0 Å². The summed E-state index contributed by atoms with van der Waals surface area (Å²) in [7, 11) is 0. The average molecular weight is 1310 g/mol. The van der Waals surface area contributed by atoms with E-state index >= 15 is 0 Å². The molecule has 0 aliphatic rings. The summed E-state index contributed by atoms with van der Waals surface area (Å²) in [6.07, 6.45) is 0. The van der Waals surface area contributed by atoms with E-state index in [1.165, 1.54) is 32.3 Å². The molecule has 19 aromatic rings. The van der Waals surface area contributed by atoms with Crippen LogP contribution < -0.4 is 14.7 Å². The Kier molecular flexibility index (Phi) is 14.7. The minimum absolute atomic E-state index is 0.563. The molecule has 9 heteroatoms. The Balaban J connectivity index is 0.737. The number of benzene rings is 15. The fourth-order valence-electron chi connectivity index (χ4n) is 15.0. The van der Waals surface area contributed by atoms with Gasteiger partial charge in [0.15, 0.2) is 17.5 Å². The van der Waals surface area contributed by atoms with Gasteiger partial charge in [0.05, 0.1) is 33.1 Å². The Morgan fingerprint density at radius 1 is 0.167 bits per heavy atom. The van der Waals surface area contributed by atoms with Gasteiger partial charge in [-0.25, -0.2) is 15.0 Å². The van der Waals surface area contributed by atoms with Crippen LogP contribution in [0.4, 0.5) is 51.2 Å². The summed E-state index contributed by atoms with van der Waals surface area (Å²) in [6, 6.07) is 136. The van der Waals surface area contributed by atoms with E-state index in [1.807, 2.05) is 0 Å². The summed E-state index contributed by atoms with van der Waals surface area (Å²) in [6.45, 7) is 0. The Hall–Kier alpha value is -13.9. The topological polar surface area (TPSA) is 63.2 Å². The van der Waals surface area contributed by atoms with Crippen molar-refractivity contribution in [3.63, 3.8) is 0 Å². The van der Waals surface area contributed by atoms with Crippen molar-refractivity contribution >= 4 is 117 Å². The number of fused-ring (bicyclic) bond motifs is 9. The van der Waals surface area contributed by atoms with Gasteiger partial charge >= 0.3 is 0 Å². The maximum Gasteiger partial charge on any atom is 0.164 e. The molecule has 0 unspecified atom stereocenters. The van der Waals surface area contributed by atoms with Gasteiger partial charge in [0, 0.05) is 117 Å². The molecule has 0 bridgehead atoms. The highest BCUT2D eigenvalue weighted by Gasteiger charge is 2.23. The summed E-state index contributed by atoms with van der Waals surface area (Å²) in [5.74, 6) is 1.69. The predicted molar refractivity (Wildman–Crippen MR) is 423 cm³/mol. The van der Waals surface area contributed by atoms with E-state index in [1.54, 1.807) is 0 Å². The number of anilines is 9. The van der Waals surface area contributed by atoms with Crippen LogP contribution in [0.1, 0.15) is 0 Å². The van der Waals surface area contributed by atoms with Crippen LogP contribution in [0.5, 0.6) is 0 Å². The molecule has 0 radical (unpaired) electrons. The van der Waals surface area contributed by atoms with E-state index in [2.05, 4.69) is 411 Å². The van der Waals surface area contributed by atoms with E-state index in [9.17, 15) is 0 Å². The lowest BCUT2D eigenvalue weighted by molar-refractivity contribution is 1.07. The van der Waals surface area contributed by atoms with Gasteiger partial charge in [-0.3, -0.25) is 0 Å². The highest BCUT2D eigenvalue weighted by molar-refractivity contribution is 6.13. The Morgan fingerprint density at radius 3 is 0.608 bits per heavy atom. The van der Waals surface area contributed by atoms with Gasteiger partial charge in [-0.2, -0.15) is 0 Å². The molecule has 480 valence electrons. The van der Waals surface area contributed by atoms with E-state index in [0.717, 1.165) is 118 Å². The Bertz CT molecular complexity index is 5530. The van der Waals surface area contributed by atoms with Crippen LogP contribution in [0.2, 0.25) is 0 Å². The van der Waals surface area contributed by atoms with Crippen molar-refractivity contribution in [1.82, 2.24) is 28.7 Å². The van der Waals surface area contributed by atoms with Crippen molar-refractivity contribution in [2.75, 3.05) is 14.7 Å².